The third-order valence-electron chi connectivity index (χ3n) is 5.24. The first kappa shape index (κ1) is 21.8. The molecule has 144 valence electrons. The molecule has 1 rings (SSSR count). The number of hydrogen-bond acceptors (Lipinski definition) is 6. The van der Waals surface area contributed by atoms with Crippen LogP contribution >= 0.6 is 0 Å². The Morgan fingerprint density at radius 1 is 0.958 bits per heavy atom. The number of nitrogens with zero attached hydrogens (tertiary/aromatic N) is 1. The van der Waals surface area contributed by atoms with Crippen LogP contribution in [0.15, 0.2) is 0 Å². The van der Waals surface area contributed by atoms with E-state index in [-0.39, 0.29) is 12.2 Å². The first-order valence-electron chi connectivity index (χ1n) is 9.26. The summed E-state index contributed by atoms with van der Waals surface area (Å²) in [6.45, 7) is 5.05. The van der Waals surface area contributed by atoms with E-state index in [1.54, 1.807) is 7.11 Å². The van der Waals surface area contributed by atoms with Crippen molar-refractivity contribution in [2.24, 2.45) is 0 Å². The van der Waals surface area contributed by atoms with Gasteiger partial charge in [0.05, 0.1) is 24.4 Å². The molecule has 0 amide bonds. The lowest BCUT2D eigenvalue weighted by Gasteiger charge is -2.43. The van der Waals surface area contributed by atoms with Gasteiger partial charge in [0.2, 0.25) is 0 Å². The van der Waals surface area contributed by atoms with Crippen LogP contribution < -0.4 is 0 Å². The van der Waals surface area contributed by atoms with Crippen LogP contribution in [0.25, 0.3) is 0 Å². The minimum atomic E-state index is -1.17. The van der Waals surface area contributed by atoms with Crippen LogP contribution in [0, 0.1) is 0 Å². The summed E-state index contributed by atoms with van der Waals surface area (Å²) in [5, 5.41) is 38.8. The molecule has 0 saturated carbocycles. The summed E-state index contributed by atoms with van der Waals surface area (Å²) in [6.07, 6.45) is 4.67. The molecule has 0 aromatic heterocycles. The van der Waals surface area contributed by atoms with Crippen LogP contribution in [0.1, 0.15) is 58.8 Å². The van der Waals surface area contributed by atoms with E-state index < -0.39 is 24.4 Å². The second kappa shape index (κ2) is 10.7. The number of methoxy groups -OCH3 is 1. The first-order chi connectivity index (χ1) is 11.3. The molecule has 0 aromatic carbocycles. The molecule has 24 heavy (non-hydrogen) atoms. The van der Waals surface area contributed by atoms with Crippen molar-refractivity contribution in [1.82, 2.24) is 4.90 Å². The number of unbranched alkanes of at least 4 members (excludes halogenated alkanes) is 5. The second-order valence-electron chi connectivity index (χ2n) is 7.63. The molecule has 1 fully saturated rings. The van der Waals surface area contributed by atoms with Gasteiger partial charge in [0.1, 0.15) is 12.2 Å². The monoisotopic (exact) mass is 347 g/mol. The molecule has 3 unspecified atom stereocenters. The van der Waals surface area contributed by atoms with Crippen LogP contribution in [0.5, 0.6) is 0 Å². The van der Waals surface area contributed by atoms with E-state index >= 15 is 0 Å². The summed E-state index contributed by atoms with van der Waals surface area (Å²) in [5.41, 5.74) is -0.0280. The quantitative estimate of drug-likeness (QED) is 0.415. The van der Waals surface area contributed by atoms with Gasteiger partial charge in [-0.3, -0.25) is 4.90 Å². The Bertz CT molecular complexity index is 339. The van der Waals surface area contributed by atoms with Crippen LogP contribution in [0.3, 0.4) is 0 Å². The van der Waals surface area contributed by atoms with Crippen LogP contribution in [0.4, 0.5) is 0 Å². The highest BCUT2D eigenvalue weighted by Gasteiger charge is 2.40. The maximum absolute atomic E-state index is 9.94. The largest absolute Gasteiger partial charge is 0.395 e. The van der Waals surface area contributed by atoms with E-state index in [1.807, 2.05) is 4.90 Å². The van der Waals surface area contributed by atoms with Gasteiger partial charge >= 0.3 is 0 Å². The maximum atomic E-state index is 9.94. The fourth-order valence-electron chi connectivity index (χ4n) is 3.31. The molecular formula is C18H37NO5. The Morgan fingerprint density at radius 3 is 2.12 bits per heavy atom. The third kappa shape index (κ3) is 6.94. The Balaban J connectivity index is 2.14. The third-order valence-corrected chi connectivity index (χ3v) is 5.24. The van der Waals surface area contributed by atoms with E-state index in [2.05, 4.69) is 13.8 Å². The minimum absolute atomic E-state index is 0.0280. The average molecular weight is 347 g/mol. The standard InChI is InChI=1S/C18H37NO5/c1-18(2,24-3)10-8-6-4-5-7-9-11-19-12-15(21)17(23)16(22)14(19)13-20/h14-17,20-23H,4-13H2,1-3H3/t14-,15?,16?,17?/m0/s1. The predicted molar refractivity (Wildman–Crippen MR) is 93.9 cm³/mol. The molecule has 6 nitrogen and oxygen atoms in total. The zero-order valence-electron chi connectivity index (χ0n) is 15.5. The van der Waals surface area contributed by atoms with Gasteiger partial charge in [0, 0.05) is 13.7 Å². The lowest BCUT2D eigenvalue weighted by atomic mass is 9.94. The van der Waals surface area contributed by atoms with Gasteiger partial charge in [0.15, 0.2) is 0 Å². The molecule has 0 aliphatic carbocycles. The molecule has 0 bridgehead atoms. The van der Waals surface area contributed by atoms with Crippen molar-refractivity contribution < 1.29 is 25.2 Å². The van der Waals surface area contributed by atoms with Crippen molar-refractivity contribution >= 4 is 0 Å². The number of aliphatic hydroxyl groups is 4. The van der Waals surface area contributed by atoms with Crippen molar-refractivity contribution in [1.29, 1.82) is 0 Å². The lowest BCUT2D eigenvalue weighted by Crippen LogP contribution is -2.62. The number of hydrogen-bond donors (Lipinski definition) is 4. The van der Waals surface area contributed by atoms with Crippen molar-refractivity contribution in [3.05, 3.63) is 0 Å². The average Bonchev–Trinajstić information content (AvgIpc) is 2.55. The van der Waals surface area contributed by atoms with E-state index in [9.17, 15) is 20.4 Å². The Labute approximate surface area is 146 Å². The summed E-state index contributed by atoms with van der Waals surface area (Å²) in [7, 11) is 1.76. The van der Waals surface area contributed by atoms with E-state index in [4.69, 9.17) is 4.74 Å². The normalized spacial score (nSPS) is 29.1. The molecular weight excluding hydrogens is 310 g/mol. The summed E-state index contributed by atoms with van der Waals surface area (Å²) >= 11 is 0. The molecule has 4 N–H and O–H groups in total. The second-order valence-corrected chi connectivity index (χ2v) is 7.63. The van der Waals surface area contributed by atoms with Crippen molar-refractivity contribution in [3.8, 4) is 0 Å². The molecule has 1 heterocycles. The van der Waals surface area contributed by atoms with Gasteiger partial charge in [-0.1, -0.05) is 32.1 Å². The fraction of sp³-hybridized carbons (Fsp3) is 1.00. The maximum Gasteiger partial charge on any atom is 0.109 e. The number of rotatable bonds is 11. The highest BCUT2D eigenvalue weighted by atomic mass is 16.5. The van der Waals surface area contributed by atoms with E-state index in [0.717, 1.165) is 25.8 Å². The Kier molecular flexibility index (Phi) is 9.71. The molecule has 0 radical (unpaired) electrons. The highest BCUT2D eigenvalue weighted by Crippen LogP contribution is 2.21. The molecule has 1 saturated heterocycles. The number of ether oxygens (including phenoxy) is 1. The zero-order chi connectivity index (χ0) is 18.2. The molecule has 1 aliphatic heterocycles. The smallest absolute Gasteiger partial charge is 0.109 e. The number of piperidine rings is 1. The molecule has 6 heteroatoms. The van der Waals surface area contributed by atoms with Crippen LogP contribution in [-0.4, -0.2) is 82.1 Å². The van der Waals surface area contributed by atoms with Gasteiger partial charge in [-0.2, -0.15) is 0 Å². The van der Waals surface area contributed by atoms with Crippen molar-refractivity contribution in [2.75, 3.05) is 26.8 Å². The first-order valence-corrected chi connectivity index (χ1v) is 9.26. The minimum Gasteiger partial charge on any atom is -0.395 e. The molecule has 1 aliphatic rings. The Hall–Kier alpha value is -0.240. The number of aliphatic hydroxyl groups excluding tert-OH is 4. The van der Waals surface area contributed by atoms with Gasteiger partial charge in [-0.15, -0.1) is 0 Å². The lowest BCUT2D eigenvalue weighted by molar-refractivity contribution is -0.145. The summed E-state index contributed by atoms with van der Waals surface area (Å²) in [5.74, 6) is 0. The molecule has 0 aromatic rings. The Morgan fingerprint density at radius 2 is 1.54 bits per heavy atom. The van der Waals surface area contributed by atoms with Crippen molar-refractivity contribution in [2.45, 2.75) is 88.7 Å². The van der Waals surface area contributed by atoms with Crippen LogP contribution in [0.2, 0.25) is 0 Å². The zero-order valence-corrected chi connectivity index (χ0v) is 15.5. The van der Waals surface area contributed by atoms with Crippen LogP contribution in [-0.2, 0) is 4.74 Å². The van der Waals surface area contributed by atoms with Gasteiger partial charge in [0.25, 0.3) is 0 Å². The van der Waals surface area contributed by atoms with Gasteiger partial charge in [-0.25, -0.2) is 0 Å². The summed E-state index contributed by atoms with van der Waals surface area (Å²) < 4.78 is 5.41. The van der Waals surface area contributed by atoms with E-state index in [1.165, 1.54) is 25.7 Å². The van der Waals surface area contributed by atoms with Gasteiger partial charge < -0.3 is 25.2 Å². The van der Waals surface area contributed by atoms with E-state index in [0.29, 0.717) is 6.54 Å². The molecule has 0 spiro atoms. The summed E-state index contributed by atoms with van der Waals surface area (Å²) in [4.78, 5) is 1.89. The SMILES string of the molecule is COC(C)(C)CCCCCCCCN1CC(O)C(O)C(O)[C@@H]1CO. The fourth-order valence-corrected chi connectivity index (χ4v) is 3.31. The summed E-state index contributed by atoms with van der Waals surface area (Å²) in [6, 6.07) is -0.486. The molecule has 4 atom stereocenters. The highest BCUT2D eigenvalue weighted by molar-refractivity contribution is 4.93. The topological polar surface area (TPSA) is 93.4 Å². The number of likely N-dealkylation sites (tertiary alicyclic amines) is 1. The van der Waals surface area contributed by atoms with Crippen molar-refractivity contribution in [3.63, 3.8) is 0 Å². The number of β-amino-alcohol motifs (C(OH)–C–C–N with tert-alkyl or cyclic N) is 1. The predicted octanol–water partition coefficient (Wildman–Crippen LogP) is 0.901. The van der Waals surface area contributed by atoms with Gasteiger partial charge in [-0.05, 0) is 33.2 Å².